The molecule has 2 heterocycles. The number of carbonyl (C=O) groups is 1. The third-order valence-electron chi connectivity index (χ3n) is 4.43. The first-order valence-corrected chi connectivity index (χ1v) is 8.84. The molecule has 1 saturated heterocycles. The van der Waals surface area contributed by atoms with Crippen LogP contribution in [0.3, 0.4) is 0 Å². The van der Waals surface area contributed by atoms with Crippen molar-refractivity contribution in [2.24, 2.45) is 0 Å². The predicted octanol–water partition coefficient (Wildman–Crippen LogP) is 2.78. The van der Waals surface area contributed by atoms with E-state index in [9.17, 15) is 4.79 Å². The number of hydrogen-bond acceptors (Lipinski definition) is 3. The minimum atomic E-state index is -0.0178. The van der Waals surface area contributed by atoms with Gasteiger partial charge in [-0.3, -0.25) is 9.48 Å². The lowest BCUT2D eigenvalue weighted by molar-refractivity contribution is -0.121. The minimum Gasteiger partial charge on any atom is -0.354 e. The molecule has 136 valence electrons. The van der Waals surface area contributed by atoms with E-state index in [1.165, 1.54) is 6.42 Å². The maximum absolute atomic E-state index is 12.2. The highest BCUT2D eigenvalue weighted by atomic mass is 35.5. The lowest BCUT2D eigenvalue weighted by atomic mass is 9.96. The second-order valence-corrected chi connectivity index (χ2v) is 6.56. The molecule has 25 heavy (non-hydrogen) atoms. The summed E-state index contributed by atoms with van der Waals surface area (Å²) in [7, 11) is 0. The van der Waals surface area contributed by atoms with E-state index in [1.54, 1.807) is 6.20 Å². The smallest absolute Gasteiger partial charge is 0.241 e. The van der Waals surface area contributed by atoms with Crippen LogP contribution in [0.1, 0.15) is 30.0 Å². The van der Waals surface area contributed by atoms with Gasteiger partial charge in [0.25, 0.3) is 0 Å². The monoisotopic (exact) mass is 382 g/mol. The van der Waals surface area contributed by atoms with Crippen LogP contribution in [0.25, 0.3) is 0 Å². The van der Waals surface area contributed by atoms with Gasteiger partial charge < -0.3 is 10.6 Å². The van der Waals surface area contributed by atoms with E-state index in [4.69, 9.17) is 11.6 Å². The Morgan fingerprint density at radius 2 is 2.20 bits per heavy atom. The van der Waals surface area contributed by atoms with Crippen molar-refractivity contribution in [3.05, 3.63) is 52.8 Å². The zero-order valence-electron chi connectivity index (χ0n) is 14.1. The molecule has 2 N–H and O–H groups in total. The number of halogens is 2. The van der Waals surface area contributed by atoms with E-state index < -0.39 is 0 Å². The number of nitrogens with zero attached hydrogens (tertiary/aromatic N) is 2. The molecular formula is C18H24Cl2N4O. The molecule has 0 saturated carbocycles. The van der Waals surface area contributed by atoms with Gasteiger partial charge in [0.05, 0.1) is 0 Å². The molecule has 3 rings (SSSR count). The Bertz CT molecular complexity index is 683. The lowest BCUT2D eigenvalue weighted by Crippen LogP contribution is -2.33. The predicted molar refractivity (Wildman–Crippen MR) is 102 cm³/mol. The molecule has 0 radical (unpaired) electrons. The van der Waals surface area contributed by atoms with Crippen molar-refractivity contribution in [2.45, 2.75) is 31.7 Å². The van der Waals surface area contributed by atoms with Crippen molar-refractivity contribution < 1.29 is 4.79 Å². The number of aromatic nitrogens is 2. The molecule has 1 fully saturated rings. The average molecular weight is 383 g/mol. The van der Waals surface area contributed by atoms with Gasteiger partial charge in [-0.1, -0.05) is 29.8 Å². The number of amides is 1. The highest BCUT2D eigenvalue weighted by Crippen LogP contribution is 2.22. The summed E-state index contributed by atoms with van der Waals surface area (Å²) >= 11 is 6.13. The van der Waals surface area contributed by atoms with Gasteiger partial charge in [0.1, 0.15) is 6.54 Å². The Labute approximate surface area is 159 Å². The zero-order valence-corrected chi connectivity index (χ0v) is 15.7. The van der Waals surface area contributed by atoms with Crippen molar-refractivity contribution in [3.63, 3.8) is 0 Å². The first-order valence-electron chi connectivity index (χ1n) is 8.46. The van der Waals surface area contributed by atoms with E-state index in [0.717, 1.165) is 42.2 Å². The molecule has 1 aromatic carbocycles. The van der Waals surface area contributed by atoms with Crippen molar-refractivity contribution in [2.75, 3.05) is 19.6 Å². The molecule has 1 amide bonds. The number of rotatable bonds is 6. The van der Waals surface area contributed by atoms with Gasteiger partial charge in [-0.15, -0.1) is 12.4 Å². The molecule has 1 atom stereocenters. The Balaban J connectivity index is 0.00000225. The van der Waals surface area contributed by atoms with E-state index in [2.05, 4.69) is 15.7 Å². The first kappa shape index (κ1) is 19.8. The van der Waals surface area contributed by atoms with Crippen LogP contribution < -0.4 is 10.6 Å². The van der Waals surface area contributed by atoms with Crippen LogP contribution in [0.5, 0.6) is 0 Å². The minimum absolute atomic E-state index is 0. The molecule has 1 aliphatic rings. The van der Waals surface area contributed by atoms with Crippen molar-refractivity contribution >= 4 is 29.9 Å². The van der Waals surface area contributed by atoms with Gasteiger partial charge in [-0.2, -0.15) is 5.10 Å². The SMILES string of the molecule is Cl.O=C(Cn1nccc1C1CCCNC1)NCCc1ccccc1Cl. The van der Waals surface area contributed by atoms with E-state index >= 15 is 0 Å². The molecule has 7 heteroatoms. The molecule has 0 aliphatic carbocycles. The van der Waals surface area contributed by atoms with E-state index in [0.29, 0.717) is 12.5 Å². The Kier molecular flexibility index (Phi) is 7.75. The third-order valence-corrected chi connectivity index (χ3v) is 4.80. The van der Waals surface area contributed by atoms with E-state index in [1.807, 2.05) is 35.0 Å². The van der Waals surface area contributed by atoms with Crippen LogP contribution in [0.4, 0.5) is 0 Å². The maximum Gasteiger partial charge on any atom is 0.241 e. The molecule has 0 spiro atoms. The maximum atomic E-state index is 12.2. The summed E-state index contributed by atoms with van der Waals surface area (Å²) in [5.74, 6) is 0.424. The lowest BCUT2D eigenvalue weighted by Gasteiger charge is -2.23. The quantitative estimate of drug-likeness (QED) is 0.807. The van der Waals surface area contributed by atoms with E-state index in [-0.39, 0.29) is 24.9 Å². The third kappa shape index (κ3) is 5.46. The topological polar surface area (TPSA) is 59.0 Å². The fourth-order valence-electron chi connectivity index (χ4n) is 3.16. The van der Waals surface area contributed by atoms with Gasteiger partial charge in [0.2, 0.25) is 5.91 Å². The number of benzene rings is 1. The molecule has 2 aromatic rings. The summed E-state index contributed by atoms with van der Waals surface area (Å²) in [6, 6.07) is 9.73. The summed E-state index contributed by atoms with van der Waals surface area (Å²) in [6.45, 7) is 2.87. The molecule has 1 aliphatic heterocycles. The van der Waals surface area contributed by atoms with Crippen LogP contribution in [-0.4, -0.2) is 35.3 Å². The van der Waals surface area contributed by atoms with Crippen molar-refractivity contribution in [1.82, 2.24) is 20.4 Å². The van der Waals surface area contributed by atoms with Gasteiger partial charge in [-0.05, 0) is 43.5 Å². The summed E-state index contributed by atoms with van der Waals surface area (Å²) in [5.41, 5.74) is 2.19. The summed E-state index contributed by atoms with van der Waals surface area (Å²) in [6.07, 6.45) is 4.82. The number of nitrogens with one attached hydrogen (secondary N) is 2. The average Bonchev–Trinajstić information content (AvgIpc) is 3.05. The standard InChI is InChI=1S/C18H23ClN4O.ClH/c19-16-6-2-1-4-14(16)7-10-21-18(24)13-23-17(8-11-22-23)15-5-3-9-20-12-15;/h1-2,4,6,8,11,15,20H,3,5,7,9-10,12-13H2,(H,21,24);1H. The van der Waals surface area contributed by atoms with Gasteiger partial charge in [0.15, 0.2) is 0 Å². The van der Waals surface area contributed by atoms with Crippen LogP contribution in [-0.2, 0) is 17.8 Å². The summed E-state index contributed by atoms with van der Waals surface area (Å²) in [4.78, 5) is 12.2. The second kappa shape index (κ2) is 9.80. The van der Waals surface area contributed by atoms with Gasteiger partial charge >= 0.3 is 0 Å². The number of piperidine rings is 1. The largest absolute Gasteiger partial charge is 0.354 e. The fraction of sp³-hybridized carbons (Fsp3) is 0.444. The molecule has 1 unspecified atom stereocenters. The van der Waals surface area contributed by atoms with Crippen LogP contribution in [0.2, 0.25) is 5.02 Å². The zero-order chi connectivity index (χ0) is 16.8. The van der Waals surface area contributed by atoms with Crippen molar-refractivity contribution in [1.29, 1.82) is 0 Å². The van der Waals surface area contributed by atoms with Crippen LogP contribution in [0, 0.1) is 0 Å². The highest BCUT2D eigenvalue weighted by Gasteiger charge is 2.19. The first-order chi connectivity index (χ1) is 11.7. The van der Waals surface area contributed by atoms with Crippen LogP contribution >= 0.6 is 24.0 Å². The Morgan fingerprint density at radius 3 is 2.96 bits per heavy atom. The van der Waals surface area contributed by atoms with Gasteiger partial charge in [0, 0.05) is 35.9 Å². The molecule has 0 bridgehead atoms. The molecule has 1 aromatic heterocycles. The highest BCUT2D eigenvalue weighted by molar-refractivity contribution is 6.31. The number of hydrogen-bond donors (Lipinski definition) is 2. The van der Waals surface area contributed by atoms with Gasteiger partial charge in [-0.25, -0.2) is 0 Å². The Hall–Kier alpha value is -1.56. The summed E-state index contributed by atoms with van der Waals surface area (Å²) in [5, 5.41) is 11.4. The fourth-order valence-corrected chi connectivity index (χ4v) is 3.39. The Morgan fingerprint density at radius 1 is 1.36 bits per heavy atom. The van der Waals surface area contributed by atoms with Crippen molar-refractivity contribution in [3.8, 4) is 0 Å². The molecule has 5 nitrogen and oxygen atoms in total. The second-order valence-electron chi connectivity index (χ2n) is 6.15. The molecular weight excluding hydrogens is 359 g/mol. The normalized spacial score (nSPS) is 16.9. The summed E-state index contributed by atoms with van der Waals surface area (Å²) < 4.78 is 1.82. The van der Waals surface area contributed by atoms with Crippen LogP contribution in [0.15, 0.2) is 36.5 Å². The number of carbonyl (C=O) groups excluding carboxylic acids is 1.